The Morgan fingerprint density at radius 1 is 1.44 bits per heavy atom. The van der Waals surface area contributed by atoms with Crippen LogP contribution in [0.2, 0.25) is 0 Å². The topological polar surface area (TPSA) is 38.3 Å². The second kappa shape index (κ2) is 9.97. The van der Waals surface area contributed by atoms with Gasteiger partial charge in [-0.1, -0.05) is 20.8 Å². The van der Waals surface area contributed by atoms with Crippen molar-refractivity contribution in [2.24, 2.45) is 0 Å². The van der Waals surface area contributed by atoms with Crippen LogP contribution < -0.4 is 5.32 Å². The molecule has 0 aliphatic rings. The van der Waals surface area contributed by atoms with Gasteiger partial charge in [0.25, 0.3) is 0 Å². The average Bonchev–Trinajstić information content (AvgIpc) is 2.32. The minimum Gasteiger partial charge on any atom is -0.468 e. The van der Waals surface area contributed by atoms with Crippen LogP contribution >= 0.6 is 11.8 Å². The Bertz CT molecular complexity index is 188. The molecule has 0 radical (unpaired) electrons. The van der Waals surface area contributed by atoms with E-state index in [0.29, 0.717) is 5.25 Å². The van der Waals surface area contributed by atoms with E-state index in [0.717, 1.165) is 25.1 Å². The van der Waals surface area contributed by atoms with Gasteiger partial charge in [0.2, 0.25) is 0 Å². The van der Waals surface area contributed by atoms with Crippen LogP contribution in [0.4, 0.5) is 0 Å². The fraction of sp³-hybridized carbons (Fsp3) is 0.917. The highest BCUT2D eigenvalue weighted by molar-refractivity contribution is 7.99. The largest absolute Gasteiger partial charge is 0.468 e. The number of nitrogens with one attached hydrogen (secondary N) is 1. The Balaban J connectivity index is 3.86. The first kappa shape index (κ1) is 15.8. The molecule has 2 unspecified atom stereocenters. The van der Waals surface area contributed by atoms with Crippen molar-refractivity contribution in [3.05, 3.63) is 0 Å². The molecule has 96 valence electrons. The van der Waals surface area contributed by atoms with Gasteiger partial charge in [0.15, 0.2) is 0 Å². The summed E-state index contributed by atoms with van der Waals surface area (Å²) in [6.45, 7) is 7.37. The highest BCUT2D eigenvalue weighted by atomic mass is 32.2. The van der Waals surface area contributed by atoms with E-state index in [1.807, 2.05) is 11.8 Å². The van der Waals surface area contributed by atoms with E-state index >= 15 is 0 Å². The molecule has 0 bridgehead atoms. The van der Waals surface area contributed by atoms with E-state index in [4.69, 9.17) is 4.74 Å². The Kier molecular flexibility index (Phi) is 9.83. The predicted octanol–water partition coefficient (Wildman–Crippen LogP) is 2.45. The van der Waals surface area contributed by atoms with Crippen molar-refractivity contribution < 1.29 is 9.53 Å². The van der Waals surface area contributed by atoms with Crippen LogP contribution in [0.25, 0.3) is 0 Å². The van der Waals surface area contributed by atoms with Gasteiger partial charge in [-0.15, -0.1) is 0 Å². The summed E-state index contributed by atoms with van der Waals surface area (Å²) < 4.78 is 4.78. The van der Waals surface area contributed by atoms with Crippen molar-refractivity contribution in [2.45, 2.75) is 51.3 Å². The van der Waals surface area contributed by atoms with E-state index in [-0.39, 0.29) is 12.0 Å². The molecule has 0 saturated carbocycles. The summed E-state index contributed by atoms with van der Waals surface area (Å²) in [7, 11) is 1.45. The Morgan fingerprint density at radius 3 is 2.62 bits per heavy atom. The predicted molar refractivity (Wildman–Crippen MR) is 70.9 cm³/mol. The van der Waals surface area contributed by atoms with Gasteiger partial charge in [0.1, 0.15) is 6.04 Å². The van der Waals surface area contributed by atoms with Gasteiger partial charge in [-0.05, 0) is 31.6 Å². The third-order valence-electron chi connectivity index (χ3n) is 2.51. The maximum atomic E-state index is 11.5. The minimum atomic E-state index is -0.141. The van der Waals surface area contributed by atoms with Crippen molar-refractivity contribution in [1.82, 2.24) is 5.32 Å². The van der Waals surface area contributed by atoms with Crippen molar-refractivity contribution in [1.29, 1.82) is 0 Å². The molecule has 4 heteroatoms. The molecule has 0 spiro atoms. The van der Waals surface area contributed by atoms with Crippen LogP contribution in [0.1, 0.15) is 40.0 Å². The molecule has 0 aliphatic heterocycles. The van der Waals surface area contributed by atoms with Crippen molar-refractivity contribution in [2.75, 3.05) is 19.4 Å². The van der Waals surface area contributed by atoms with Gasteiger partial charge < -0.3 is 10.1 Å². The molecule has 0 aliphatic carbocycles. The average molecular weight is 247 g/mol. The highest BCUT2D eigenvalue weighted by Crippen LogP contribution is 2.15. The van der Waals surface area contributed by atoms with Crippen molar-refractivity contribution in [3.8, 4) is 0 Å². The third-order valence-corrected chi connectivity index (χ3v) is 3.88. The molecule has 2 atom stereocenters. The maximum Gasteiger partial charge on any atom is 0.322 e. The molecule has 3 nitrogen and oxygen atoms in total. The summed E-state index contributed by atoms with van der Waals surface area (Å²) in [6, 6.07) is -0.137. The zero-order chi connectivity index (χ0) is 12.4. The van der Waals surface area contributed by atoms with Crippen LogP contribution in [0.5, 0.6) is 0 Å². The lowest BCUT2D eigenvalue weighted by Gasteiger charge is -2.16. The van der Waals surface area contributed by atoms with Crippen LogP contribution in [-0.2, 0) is 9.53 Å². The number of carbonyl (C=O) groups excluding carboxylic acids is 1. The smallest absolute Gasteiger partial charge is 0.322 e. The van der Waals surface area contributed by atoms with E-state index in [1.165, 1.54) is 13.5 Å². The molecule has 16 heavy (non-hydrogen) atoms. The van der Waals surface area contributed by atoms with Crippen LogP contribution in [-0.4, -0.2) is 36.7 Å². The molecule has 1 N–H and O–H groups in total. The number of hydrogen-bond donors (Lipinski definition) is 1. The zero-order valence-electron chi connectivity index (χ0n) is 10.9. The first-order valence-electron chi connectivity index (χ1n) is 6.08. The first-order valence-corrected chi connectivity index (χ1v) is 7.13. The SMILES string of the molecule is CCCNC(CCSC(C)CC)C(=O)OC. The van der Waals surface area contributed by atoms with Gasteiger partial charge in [-0.3, -0.25) is 4.79 Å². The normalized spacial score (nSPS) is 14.5. The first-order chi connectivity index (χ1) is 7.65. The van der Waals surface area contributed by atoms with Crippen LogP contribution in [0.15, 0.2) is 0 Å². The van der Waals surface area contributed by atoms with Gasteiger partial charge >= 0.3 is 5.97 Å². The Hall–Kier alpha value is -0.220. The van der Waals surface area contributed by atoms with Crippen LogP contribution in [0, 0.1) is 0 Å². The molecule has 0 aromatic rings. The van der Waals surface area contributed by atoms with Gasteiger partial charge in [-0.2, -0.15) is 11.8 Å². The number of methoxy groups -OCH3 is 1. The molecule has 0 heterocycles. The molecule has 0 saturated heterocycles. The van der Waals surface area contributed by atoms with E-state index in [9.17, 15) is 4.79 Å². The molecular weight excluding hydrogens is 222 g/mol. The molecule has 0 aromatic heterocycles. The molecule has 0 aromatic carbocycles. The summed E-state index contributed by atoms with van der Waals surface area (Å²) in [4.78, 5) is 11.5. The van der Waals surface area contributed by atoms with Gasteiger partial charge in [0.05, 0.1) is 7.11 Å². The lowest BCUT2D eigenvalue weighted by molar-refractivity contribution is -0.143. The van der Waals surface area contributed by atoms with Gasteiger partial charge in [-0.25, -0.2) is 0 Å². The summed E-state index contributed by atoms with van der Waals surface area (Å²) in [6.07, 6.45) is 3.06. The summed E-state index contributed by atoms with van der Waals surface area (Å²) >= 11 is 1.92. The van der Waals surface area contributed by atoms with Crippen LogP contribution in [0.3, 0.4) is 0 Å². The molecule has 0 amide bonds. The zero-order valence-corrected chi connectivity index (χ0v) is 11.7. The molecule has 0 rings (SSSR count). The summed E-state index contributed by atoms with van der Waals surface area (Å²) in [5, 5.41) is 3.89. The number of esters is 1. The molecule has 0 fully saturated rings. The van der Waals surface area contributed by atoms with E-state index in [1.54, 1.807) is 0 Å². The van der Waals surface area contributed by atoms with Gasteiger partial charge in [0, 0.05) is 5.25 Å². The highest BCUT2D eigenvalue weighted by Gasteiger charge is 2.17. The summed E-state index contributed by atoms with van der Waals surface area (Å²) in [5.41, 5.74) is 0. The fourth-order valence-electron chi connectivity index (χ4n) is 1.27. The fourth-order valence-corrected chi connectivity index (χ4v) is 2.28. The minimum absolute atomic E-state index is 0.137. The maximum absolute atomic E-state index is 11.5. The second-order valence-electron chi connectivity index (χ2n) is 3.91. The lowest BCUT2D eigenvalue weighted by Crippen LogP contribution is -2.38. The van der Waals surface area contributed by atoms with E-state index < -0.39 is 0 Å². The Labute approximate surface area is 104 Å². The number of rotatable bonds is 9. The Morgan fingerprint density at radius 2 is 2.12 bits per heavy atom. The molecular formula is C12H25NO2S. The van der Waals surface area contributed by atoms with Crippen molar-refractivity contribution in [3.63, 3.8) is 0 Å². The third kappa shape index (κ3) is 7.12. The number of hydrogen-bond acceptors (Lipinski definition) is 4. The number of ether oxygens (including phenoxy) is 1. The standard InChI is InChI=1S/C12H25NO2S/c1-5-8-13-11(12(14)15-4)7-9-16-10(3)6-2/h10-11,13H,5-9H2,1-4H3. The number of carbonyl (C=O) groups is 1. The number of thioether (sulfide) groups is 1. The second-order valence-corrected chi connectivity index (χ2v) is 5.45. The summed E-state index contributed by atoms with van der Waals surface area (Å²) in [5.74, 6) is 0.865. The quantitative estimate of drug-likeness (QED) is 0.635. The monoisotopic (exact) mass is 247 g/mol. The van der Waals surface area contributed by atoms with Crippen molar-refractivity contribution >= 4 is 17.7 Å². The lowest BCUT2D eigenvalue weighted by atomic mass is 10.2. The van der Waals surface area contributed by atoms with E-state index in [2.05, 4.69) is 26.1 Å².